The fourth-order valence-corrected chi connectivity index (χ4v) is 2.07. The van der Waals surface area contributed by atoms with Gasteiger partial charge in [0.05, 0.1) is 12.2 Å². The summed E-state index contributed by atoms with van der Waals surface area (Å²) in [5, 5.41) is 15.3. The quantitative estimate of drug-likeness (QED) is 0.776. The average molecular weight is 284 g/mol. The van der Waals surface area contributed by atoms with Gasteiger partial charge >= 0.3 is 0 Å². The minimum absolute atomic E-state index is 0.504. The van der Waals surface area contributed by atoms with E-state index in [0.717, 1.165) is 22.6 Å². The van der Waals surface area contributed by atoms with Crippen molar-refractivity contribution in [2.24, 2.45) is 0 Å². The molecule has 0 saturated heterocycles. The zero-order valence-corrected chi connectivity index (χ0v) is 12.0. The molecule has 6 heteroatoms. The van der Waals surface area contributed by atoms with Crippen LogP contribution >= 0.6 is 0 Å². The number of aromatic nitrogens is 3. The molecule has 0 fully saturated rings. The lowest BCUT2D eigenvalue weighted by Crippen LogP contribution is -2.13. The van der Waals surface area contributed by atoms with Crippen molar-refractivity contribution in [3.63, 3.8) is 0 Å². The van der Waals surface area contributed by atoms with Crippen LogP contribution < -0.4 is 5.32 Å². The molecule has 1 N–H and O–H groups in total. The van der Waals surface area contributed by atoms with Crippen molar-refractivity contribution in [2.75, 3.05) is 0 Å². The van der Waals surface area contributed by atoms with Gasteiger partial charge in [0.2, 0.25) is 11.8 Å². The highest BCUT2D eigenvalue weighted by atomic mass is 16.5. The van der Waals surface area contributed by atoms with Gasteiger partial charge in [0, 0.05) is 17.7 Å². The first kappa shape index (κ1) is 13.5. The van der Waals surface area contributed by atoms with Crippen LogP contribution in [0.3, 0.4) is 0 Å². The van der Waals surface area contributed by atoms with E-state index in [9.17, 15) is 0 Å². The number of hydrogen-bond donors (Lipinski definition) is 1. The lowest BCUT2D eigenvalue weighted by atomic mass is 10.2. The van der Waals surface area contributed by atoms with Gasteiger partial charge in [0.1, 0.15) is 5.76 Å². The summed E-state index contributed by atoms with van der Waals surface area (Å²) >= 11 is 0. The molecule has 108 valence electrons. The first-order valence-corrected chi connectivity index (χ1v) is 6.74. The summed E-state index contributed by atoms with van der Waals surface area (Å²) in [4.78, 5) is 0. The molecule has 0 aliphatic rings. The van der Waals surface area contributed by atoms with Crippen molar-refractivity contribution >= 4 is 0 Å². The second-order valence-corrected chi connectivity index (χ2v) is 4.77. The molecule has 0 radical (unpaired) electrons. The Bertz CT molecular complexity index is 699. The fraction of sp³-hybridized carbons (Fsp3) is 0.267. The minimum atomic E-state index is 0.504. The molecule has 6 nitrogen and oxygen atoms in total. The van der Waals surface area contributed by atoms with Gasteiger partial charge < -0.3 is 14.3 Å². The Balaban J connectivity index is 1.61. The van der Waals surface area contributed by atoms with E-state index in [0.29, 0.717) is 24.9 Å². The molecule has 1 aromatic carbocycles. The molecule has 21 heavy (non-hydrogen) atoms. The number of benzene rings is 1. The Hall–Kier alpha value is -2.47. The number of rotatable bonds is 5. The van der Waals surface area contributed by atoms with Gasteiger partial charge in [0.15, 0.2) is 0 Å². The monoisotopic (exact) mass is 284 g/mol. The summed E-state index contributed by atoms with van der Waals surface area (Å²) in [5.41, 5.74) is 2.88. The molecule has 0 spiro atoms. The van der Waals surface area contributed by atoms with Crippen LogP contribution in [-0.2, 0) is 13.1 Å². The molecule has 2 aromatic heterocycles. The zero-order chi connectivity index (χ0) is 14.7. The van der Waals surface area contributed by atoms with Crippen molar-refractivity contribution in [3.8, 4) is 11.5 Å². The highest BCUT2D eigenvalue weighted by Gasteiger charge is 2.10. The lowest BCUT2D eigenvalue weighted by molar-refractivity contribution is 0.391. The summed E-state index contributed by atoms with van der Waals surface area (Å²) in [7, 11) is 0. The molecular weight excluding hydrogens is 268 g/mol. The fourth-order valence-electron chi connectivity index (χ4n) is 2.07. The summed E-state index contributed by atoms with van der Waals surface area (Å²) in [6.45, 7) is 4.99. The van der Waals surface area contributed by atoms with Gasteiger partial charge in [-0.3, -0.25) is 0 Å². The second-order valence-electron chi connectivity index (χ2n) is 4.77. The van der Waals surface area contributed by atoms with Gasteiger partial charge in [-0.15, -0.1) is 10.2 Å². The molecule has 0 aliphatic carbocycles. The van der Waals surface area contributed by atoms with Gasteiger partial charge in [0.25, 0.3) is 0 Å². The minimum Gasteiger partial charge on any atom is -0.419 e. The Morgan fingerprint density at radius 1 is 1.05 bits per heavy atom. The van der Waals surface area contributed by atoms with Gasteiger partial charge in [-0.25, -0.2) is 0 Å². The van der Waals surface area contributed by atoms with Gasteiger partial charge in [-0.2, -0.15) is 0 Å². The van der Waals surface area contributed by atoms with E-state index in [4.69, 9.17) is 8.94 Å². The van der Waals surface area contributed by atoms with E-state index in [2.05, 4.69) is 20.7 Å². The maximum atomic E-state index is 5.63. The summed E-state index contributed by atoms with van der Waals surface area (Å²) in [5.74, 6) is 1.92. The van der Waals surface area contributed by atoms with Crippen molar-refractivity contribution < 1.29 is 8.94 Å². The Kier molecular flexibility index (Phi) is 3.79. The van der Waals surface area contributed by atoms with Crippen LogP contribution in [0.15, 0.2) is 39.3 Å². The molecular formula is C15H16N4O2. The summed E-state index contributed by atoms with van der Waals surface area (Å²) in [6, 6.07) is 9.71. The first-order chi connectivity index (χ1) is 10.2. The maximum absolute atomic E-state index is 5.63. The molecule has 0 saturated carbocycles. The normalized spacial score (nSPS) is 11.0. The van der Waals surface area contributed by atoms with E-state index in [-0.39, 0.29) is 0 Å². The predicted octanol–water partition coefficient (Wildman–Crippen LogP) is 2.63. The number of nitrogens with one attached hydrogen (secondary N) is 1. The number of nitrogens with zero attached hydrogens (tertiary/aromatic N) is 3. The van der Waals surface area contributed by atoms with Crippen LogP contribution in [0.1, 0.15) is 22.9 Å². The summed E-state index contributed by atoms with van der Waals surface area (Å²) < 4.78 is 10.7. The number of aryl methyl sites for hydroxylation is 2. The van der Waals surface area contributed by atoms with Crippen LogP contribution in [-0.4, -0.2) is 15.4 Å². The third-order valence-electron chi connectivity index (χ3n) is 3.25. The van der Waals surface area contributed by atoms with Gasteiger partial charge in [-0.1, -0.05) is 23.4 Å². The molecule has 3 rings (SSSR count). The van der Waals surface area contributed by atoms with Crippen molar-refractivity contribution in [3.05, 3.63) is 53.2 Å². The van der Waals surface area contributed by atoms with E-state index in [1.54, 1.807) is 0 Å². The smallest absolute Gasteiger partial charge is 0.247 e. The molecule has 3 aromatic rings. The van der Waals surface area contributed by atoms with E-state index in [1.165, 1.54) is 0 Å². The SMILES string of the molecule is Cc1noc(C)c1CNCc1nnc(-c2ccccc2)o1. The molecule has 0 unspecified atom stereocenters. The Morgan fingerprint density at radius 2 is 1.86 bits per heavy atom. The third kappa shape index (κ3) is 3.00. The summed E-state index contributed by atoms with van der Waals surface area (Å²) in [6.07, 6.45) is 0. The maximum Gasteiger partial charge on any atom is 0.247 e. The van der Waals surface area contributed by atoms with Crippen LogP contribution in [0.5, 0.6) is 0 Å². The topological polar surface area (TPSA) is 77.0 Å². The Labute approximate surface area is 122 Å². The van der Waals surface area contributed by atoms with Crippen LogP contribution in [0, 0.1) is 13.8 Å². The highest BCUT2D eigenvalue weighted by Crippen LogP contribution is 2.17. The second kappa shape index (κ2) is 5.88. The molecule has 0 amide bonds. The lowest BCUT2D eigenvalue weighted by Gasteiger charge is -2.00. The van der Waals surface area contributed by atoms with Crippen LogP contribution in [0.4, 0.5) is 0 Å². The largest absolute Gasteiger partial charge is 0.419 e. The van der Waals surface area contributed by atoms with E-state index in [1.807, 2.05) is 44.2 Å². The molecule has 2 heterocycles. The van der Waals surface area contributed by atoms with Crippen molar-refractivity contribution in [1.29, 1.82) is 0 Å². The molecule has 0 aliphatic heterocycles. The Morgan fingerprint density at radius 3 is 2.57 bits per heavy atom. The molecule has 0 bridgehead atoms. The van der Waals surface area contributed by atoms with Gasteiger partial charge in [-0.05, 0) is 26.0 Å². The van der Waals surface area contributed by atoms with E-state index >= 15 is 0 Å². The number of hydrogen-bond acceptors (Lipinski definition) is 6. The van der Waals surface area contributed by atoms with Crippen molar-refractivity contribution in [1.82, 2.24) is 20.7 Å². The zero-order valence-electron chi connectivity index (χ0n) is 12.0. The van der Waals surface area contributed by atoms with Crippen LogP contribution in [0.2, 0.25) is 0 Å². The highest BCUT2D eigenvalue weighted by molar-refractivity contribution is 5.51. The molecule has 0 atom stereocenters. The van der Waals surface area contributed by atoms with E-state index < -0.39 is 0 Å². The third-order valence-corrected chi connectivity index (χ3v) is 3.25. The van der Waals surface area contributed by atoms with Crippen molar-refractivity contribution in [2.45, 2.75) is 26.9 Å². The van der Waals surface area contributed by atoms with Crippen LogP contribution in [0.25, 0.3) is 11.5 Å². The average Bonchev–Trinajstić information content (AvgIpc) is 3.10. The first-order valence-electron chi connectivity index (χ1n) is 6.74. The predicted molar refractivity (Wildman–Crippen MR) is 76.3 cm³/mol. The standard InChI is InChI=1S/C15H16N4O2/c1-10-13(11(2)21-19-10)8-16-9-14-17-18-15(20-14)12-6-4-3-5-7-12/h3-7,16H,8-9H2,1-2H3.